The number of aromatic nitrogens is 4. The monoisotopic (exact) mass is 397 g/mol. The number of nitrogens with zero attached hydrogens (tertiary/aromatic N) is 7. The van der Waals surface area contributed by atoms with Gasteiger partial charge in [-0.1, -0.05) is 25.0 Å². The van der Waals surface area contributed by atoms with Crippen LogP contribution in [0.4, 0.5) is 0 Å². The molecule has 0 bridgehead atoms. The fourth-order valence-corrected chi connectivity index (χ4v) is 4.02. The van der Waals surface area contributed by atoms with E-state index >= 15 is 0 Å². The molecule has 2 aliphatic rings. The number of hydrogen-bond acceptors (Lipinski definition) is 6. The van der Waals surface area contributed by atoms with Gasteiger partial charge in [-0.25, -0.2) is 0 Å². The Bertz CT molecular complexity index is 823. The first kappa shape index (κ1) is 19.5. The summed E-state index contributed by atoms with van der Waals surface area (Å²) in [5.41, 5.74) is 1.25. The van der Waals surface area contributed by atoms with Gasteiger partial charge in [0.25, 0.3) is 5.91 Å². The Balaban J connectivity index is 1.34. The number of carbonyl (C=O) groups excluding carboxylic acids is 2. The van der Waals surface area contributed by atoms with E-state index in [4.69, 9.17) is 0 Å². The summed E-state index contributed by atoms with van der Waals surface area (Å²) in [7, 11) is 0. The molecule has 0 unspecified atom stereocenters. The van der Waals surface area contributed by atoms with Crippen LogP contribution in [-0.2, 0) is 4.79 Å². The minimum absolute atomic E-state index is 0.0328. The molecule has 2 amide bonds. The summed E-state index contributed by atoms with van der Waals surface area (Å²) in [6.45, 7) is 4.84. The number of rotatable bonds is 4. The third-order valence-electron chi connectivity index (χ3n) is 5.71. The first-order valence-electron chi connectivity index (χ1n) is 10.3. The van der Waals surface area contributed by atoms with Crippen molar-refractivity contribution >= 4 is 11.8 Å². The molecule has 0 radical (unpaired) electrons. The summed E-state index contributed by atoms with van der Waals surface area (Å²) >= 11 is 0. The van der Waals surface area contributed by atoms with Crippen molar-refractivity contribution in [3.63, 3.8) is 0 Å². The summed E-state index contributed by atoms with van der Waals surface area (Å²) in [6, 6.07) is 7.34. The lowest BCUT2D eigenvalue weighted by Crippen LogP contribution is -2.51. The Hall–Kier alpha value is -2.81. The van der Waals surface area contributed by atoms with Gasteiger partial charge in [0.1, 0.15) is 6.33 Å². The van der Waals surface area contributed by atoms with E-state index in [0.717, 1.165) is 25.9 Å². The fraction of sp³-hybridized carbons (Fsp3) is 0.550. The third-order valence-corrected chi connectivity index (χ3v) is 5.71. The minimum Gasteiger partial charge on any atom is -0.342 e. The number of benzene rings is 1. The molecule has 2 fully saturated rings. The summed E-state index contributed by atoms with van der Waals surface area (Å²) in [5.74, 6) is 0.185. The molecule has 9 nitrogen and oxygen atoms in total. The van der Waals surface area contributed by atoms with Crippen LogP contribution in [0.1, 0.15) is 36.0 Å². The molecule has 4 rings (SSSR count). The van der Waals surface area contributed by atoms with Gasteiger partial charge in [-0.2, -0.15) is 4.68 Å². The van der Waals surface area contributed by atoms with E-state index < -0.39 is 0 Å². The highest BCUT2D eigenvalue weighted by molar-refractivity contribution is 5.97. The second-order valence-corrected chi connectivity index (χ2v) is 7.63. The number of hydrogen-bond donors (Lipinski definition) is 0. The molecule has 9 heteroatoms. The van der Waals surface area contributed by atoms with E-state index in [9.17, 15) is 9.59 Å². The minimum atomic E-state index is -0.0328. The van der Waals surface area contributed by atoms with E-state index in [1.165, 1.54) is 23.9 Å². The van der Waals surface area contributed by atoms with Crippen LogP contribution in [0.2, 0.25) is 0 Å². The smallest absolute Gasteiger partial charge is 0.256 e. The standard InChI is InChI=1S/C20H27N7O2/c28-19(25-9-5-1-2-6-10-25)15-24-11-13-26(14-12-24)20(29)17-7-3-4-8-18(17)27-16-21-22-23-27/h3-4,7-8,16H,1-2,5-6,9-15H2. The molecule has 2 aliphatic heterocycles. The van der Waals surface area contributed by atoms with E-state index in [2.05, 4.69) is 20.4 Å². The van der Waals surface area contributed by atoms with Crippen molar-refractivity contribution < 1.29 is 9.59 Å². The Morgan fingerprint density at radius 3 is 2.28 bits per heavy atom. The maximum absolute atomic E-state index is 13.1. The number of piperazine rings is 1. The van der Waals surface area contributed by atoms with Crippen molar-refractivity contribution in [3.8, 4) is 5.69 Å². The molecule has 2 saturated heterocycles. The van der Waals surface area contributed by atoms with E-state index in [1.54, 1.807) is 6.07 Å². The summed E-state index contributed by atoms with van der Waals surface area (Å²) < 4.78 is 1.50. The predicted octanol–water partition coefficient (Wildman–Crippen LogP) is 0.823. The van der Waals surface area contributed by atoms with Crippen molar-refractivity contribution in [2.45, 2.75) is 25.7 Å². The first-order chi connectivity index (χ1) is 14.2. The number of amides is 2. The maximum atomic E-state index is 13.1. The Labute approximate surface area is 170 Å². The predicted molar refractivity (Wildman–Crippen MR) is 107 cm³/mol. The van der Waals surface area contributed by atoms with Crippen LogP contribution in [0.5, 0.6) is 0 Å². The van der Waals surface area contributed by atoms with Gasteiger partial charge in [-0.05, 0) is 35.4 Å². The molecule has 0 aliphatic carbocycles. The average molecular weight is 397 g/mol. The number of carbonyl (C=O) groups is 2. The maximum Gasteiger partial charge on any atom is 0.256 e. The second-order valence-electron chi connectivity index (χ2n) is 7.63. The molecule has 154 valence electrons. The molecule has 3 heterocycles. The normalized spacial score (nSPS) is 18.5. The summed E-state index contributed by atoms with van der Waals surface area (Å²) in [4.78, 5) is 31.7. The molecule has 0 atom stereocenters. The molecule has 1 aromatic heterocycles. The van der Waals surface area contributed by atoms with Gasteiger partial charge < -0.3 is 9.80 Å². The van der Waals surface area contributed by atoms with Gasteiger partial charge in [-0.15, -0.1) is 5.10 Å². The number of para-hydroxylation sites is 1. The lowest BCUT2D eigenvalue weighted by atomic mass is 10.1. The van der Waals surface area contributed by atoms with Crippen LogP contribution in [0.3, 0.4) is 0 Å². The molecule has 1 aromatic carbocycles. The molecule has 29 heavy (non-hydrogen) atoms. The van der Waals surface area contributed by atoms with E-state index in [1.807, 2.05) is 28.0 Å². The molecular formula is C20H27N7O2. The Kier molecular flexibility index (Phi) is 6.14. The average Bonchev–Trinajstić information content (AvgIpc) is 3.15. The largest absolute Gasteiger partial charge is 0.342 e. The fourth-order valence-electron chi connectivity index (χ4n) is 4.02. The van der Waals surface area contributed by atoms with Crippen LogP contribution < -0.4 is 0 Å². The quantitative estimate of drug-likeness (QED) is 0.759. The van der Waals surface area contributed by atoms with Crippen molar-refractivity contribution in [1.82, 2.24) is 34.9 Å². The first-order valence-corrected chi connectivity index (χ1v) is 10.3. The van der Waals surface area contributed by atoms with Gasteiger partial charge in [0, 0.05) is 39.3 Å². The molecule has 0 spiro atoms. The Morgan fingerprint density at radius 2 is 1.59 bits per heavy atom. The van der Waals surface area contributed by atoms with Crippen molar-refractivity contribution in [1.29, 1.82) is 0 Å². The zero-order chi connectivity index (χ0) is 20.1. The second kappa shape index (κ2) is 9.13. The number of tetrazole rings is 1. The molecular weight excluding hydrogens is 370 g/mol. The lowest BCUT2D eigenvalue weighted by Gasteiger charge is -2.35. The summed E-state index contributed by atoms with van der Waals surface area (Å²) in [5, 5.41) is 11.2. The van der Waals surface area contributed by atoms with Crippen LogP contribution >= 0.6 is 0 Å². The van der Waals surface area contributed by atoms with Gasteiger partial charge in [0.05, 0.1) is 17.8 Å². The topological polar surface area (TPSA) is 87.5 Å². The molecule has 0 N–H and O–H groups in total. The van der Waals surface area contributed by atoms with Crippen LogP contribution in [-0.4, -0.2) is 92.5 Å². The highest BCUT2D eigenvalue weighted by atomic mass is 16.2. The number of likely N-dealkylation sites (tertiary alicyclic amines) is 1. The van der Waals surface area contributed by atoms with Crippen molar-refractivity contribution in [2.24, 2.45) is 0 Å². The highest BCUT2D eigenvalue weighted by Gasteiger charge is 2.26. The van der Waals surface area contributed by atoms with E-state index in [0.29, 0.717) is 44.0 Å². The zero-order valence-corrected chi connectivity index (χ0v) is 16.6. The van der Waals surface area contributed by atoms with Crippen molar-refractivity contribution in [3.05, 3.63) is 36.2 Å². The van der Waals surface area contributed by atoms with Gasteiger partial charge >= 0.3 is 0 Å². The van der Waals surface area contributed by atoms with Crippen LogP contribution in [0.25, 0.3) is 5.69 Å². The third kappa shape index (κ3) is 4.61. The van der Waals surface area contributed by atoms with Crippen LogP contribution in [0.15, 0.2) is 30.6 Å². The van der Waals surface area contributed by atoms with Gasteiger partial charge in [-0.3, -0.25) is 14.5 Å². The van der Waals surface area contributed by atoms with Crippen LogP contribution in [0, 0.1) is 0 Å². The summed E-state index contributed by atoms with van der Waals surface area (Å²) in [6.07, 6.45) is 6.13. The van der Waals surface area contributed by atoms with Gasteiger partial charge in [0.2, 0.25) is 5.91 Å². The molecule has 0 saturated carbocycles. The lowest BCUT2D eigenvalue weighted by molar-refractivity contribution is -0.132. The zero-order valence-electron chi connectivity index (χ0n) is 16.6. The van der Waals surface area contributed by atoms with Crippen molar-refractivity contribution in [2.75, 3.05) is 45.8 Å². The molecule has 2 aromatic rings. The SMILES string of the molecule is O=C(CN1CCN(C(=O)c2ccccc2-n2cnnn2)CC1)N1CCCCCC1. The highest BCUT2D eigenvalue weighted by Crippen LogP contribution is 2.17. The van der Waals surface area contributed by atoms with E-state index in [-0.39, 0.29) is 11.8 Å². The Morgan fingerprint density at radius 1 is 0.862 bits per heavy atom. The van der Waals surface area contributed by atoms with Gasteiger partial charge in [0.15, 0.2) is 0 Å².